The van der Waals surface area contributed by atoms with Gasteiger partial charge < -0.3 is 53.9 Å². The SMILES string of the molecule is CNCCCCC(NC(=O)Cc1c[nH]c2cccc(O)c12)C(=O)NCCCCCNCCCNC(=O)C(N)CCCN=C(N)N. The van der Waals surface area contributed by atoms with Crippen molar-refractivity contribution in [3.63, 3.8) is 0 Å². The first-order valence-electron chi connectivity index (χ1n) is 16.0. The highest BCUT2D eigenvalue weighted by atomic mass is 16.3. The number of hydrogen-bond acceptors (Lipinski definition) is 8. The molecule has 1 heterocycles. The predicted molar refractivity (Wildman–Crippen MR) is 179 cm³/mol. The maximum Gasteiger partial charge on any atom is 0.242 e. The number of benzene rings is 1. The number of aromatic hydroxyl groups is 1. The summed E-state index contributed by atoms with van der Waals surface area (Å²) in [7, 11) is 1.89. The summed E-state index contributed by atoms with van der Waals surface area (Å²) in [6.45, 7) is 4.02. The minimum Gasteiger partial charge on any atom is -0.507 e. The number of guanidine groups is 1. The molecule has 2 atom stereocenters. The number of rotatable bonds is 24. The van der Waals surface area contributed by atoms with E-state index in [0.29, 0.717) is 49.8 Å². The second-order valence-corrected chi connectivity index (χ2v) is 11.2. The van der Waals surface area contributed by atoms with Crippen LogP contribution in [0.25, 0.3) is 10.9 Å². The van der Waals surface area contributed by atoms with Gasteiger partial charge in [0.25, 0.3) is 0 Å². The zero-order valence-corrected chi connectivity index (χ0v) is 26.6. The van der Waals surface area contributed by atoms with Gasteiger partial charge >= 0.3 is 0 Å². The number of carbonyl (C=O) groups excluding carboxylic acids is 3. The molecule has 2 rings (SSSR count). The van der Waals surface area contributed by atoms with E-state index in [1.807, 2.05) is 13.1 Å². The number of nitrogens with zero attached hydrogens (tertiary/aromatic N) is 1. The monoisotopic (exact) mass is 630 g/mol. The van der Waals surface area contributed by atoms with Crippen molar-refractivity contribution in [2.75, 3.05) is 46.3 Å². The van der Waals surface area contributed by atoms with Gasteiger partial charge in [-0.3, -0.25) is 19.4 Å². The van der Waals surface area contributed by atoms with Crippen LogP contribution in [0.2, 0.25) is 0 Å². The Balaban J connectivity index is 1.60. The number of amides is 3. The van der Waals surface area contributed by atoms with Crippen molar-refractivity contribution in [3.8, 4) is 5.75 Å². The average molecular weight is 631 g/mol. The normalized spacial score (nSPS) is 12.4. The van der Waals surface area contributed by atoms with E-state index in [2.05, 4.69) is 36.6 Å². The second kappa shape index (κ2) is 21.8. The third-order valence-corrected chi connectivity index (χ3v) is 7.40. The number of fused-ring (bicyclic) bond motifs is 1. The van der Waals surface area contributed by atoms with Gasteiger partial charge in [0, 0.05) is 36.7 Å². The van der Waals surface area contributed by atoms with Crippen LogP contribution in [0.15, 0.2) is 29.4 Å². The molecule has 252 valence electrons. The number of nitrogens with one attached hydrogen (secondary N) is 6. The Morgan fingerprint density at radius 1 is 0.889 bits per heavy atom. The second-order valence-electron chi connectivity index (χ2n) is 11.2. The highest BCUT2D eigenvalue weighted by Crippen LogP contribution is 2.27. The quantitative estimate of drug-likeness (QED) is 0.0428. The van der Waals surface area contributed by atoms with Crippen molar-refractivity contribution in [3.05, 3.63) is 30.0 Å². The molecule has 3 amide bonds. The van der Waals surface area contributed by atoms with Gasteiger partial charge in [-0.2, -0.15) is 0 Å². The van der Waals surface area contributed by atoms with E-state index < -0.39 is 12.1 Å². The highest BCUT2D eigenvalue weighted by molar-refractivity contribution is 5.94. The summed E-state index contributed by atoms with van der Waals surface area (Å²) < 4.78 is 0. The summed E-state index contributed by atoms with van der Waals surface area (Å²) in [5.74, 6) is -0.460. The van der Waals surface area contributed by atoms with E-state index in [0.717, 1.165) is 63.7 Å². The Morgan fingerprint density at radius 3 is 2.38 bits per heavy atom. The van der Waals surface area contributed by atoms with E-state index in [1.54, 1.807) is 18.3 Å². The lowest BCUT2D eigenvalue weighted by Gasteiger charge is -2.19. The Hall–Kier alpha value is -3.88. The average Bonchev–Trinajstić information content (AvgIpc) is 3.42. The maximum atomic E-state index is 13.0. The van der Waals surface area contributed by atoms with Crippen LogP contribution in [-0.4, -0.2) is 92.2 Å². The topological polar surface area (TPSA) is 238 Å². The Morgan fingerprint density at radius 2 is 1.60 bits per heavy atom. The molecule has 14 nitrogen and oxygen atoms in total. The van der Waals surface area contributed by atoms with Crippen molar-refractivity contribution in [2.45, 2.75) is 76.3 Å². The van der Waals surface area contributed by atoms with Gasteiger partial charge in [-0.1, -0.05) is 12.5 Å². The smallest absolute Gasteiger partial charge is 0.242 e. The fraction of sp³-hybridized carbons (Fsp3) is 0.613. The zero-order chi connectivity index (χ0) is 32.9. The van der Waals surface area contributed by atoms with E-state index >= 15 is 0 Å². The van der Waals surface area contributed by atoms with Crippen LogP contribution >= 0.6 is 0 Å². The molecule has 2 unspecified atom stereocenters. The van der Waals surface area contributed by atoms with E-state index in [-0.39, 0.29) is 35.9 Å². The molecule has 13 N–H and O–H groups in total. The Bertz CT molecular complexity index is 1200. The van der Waals surface area contributed by atoms with Gasteiger partial charge in [-0.05, 0) is 95.7 Å². The third-order valence-electron chi connectivity index (χ3n) is 7.40. The summed E-state index contributed by atoms with van der Waals surface area (Å²) in [5.41, 5.74) is 17.9. The van der Waals surface area contributed by atoms with Gasteiger partial charge in [-0.15, -0.1) is 0 Å². The van der Waals surface area contributed by atoms with Crippen LogP contribution in [0, 0.1) is 0 Å². The molecule has 0 saturated heterocycles. The van der Waals surface area contributed by atoms with Crippen LogP contribution in [0.5, 0.6) is 5.75 Å². The standard InChI is InChI=1S/C31H54N10O4/c1-35-14-6-3-11-25(41-27(43)20-22-21-40-24-12-7-13-26(42)28(22)24)30(45)38-17-5-2-4-15-36-16-9-19-37-29(44)23(32)10-8-18-39-31(33)34/h7,12-13,21,23,25,35-36,40,42H,2-6,8-11,14-20,32H2,1H3,(H,37,44)(H,38,45)(H,41,43)(H4,33,34,39). The summed E-state index contributed by atoms with van der Waals surface area (Å²) in [6.07, 6.45) is 8.74. The zero-order valence-electron chi connectivity index (χ0n) is 26.6. The van der Waals surface area contributed by atoms with Gasteiger partial charge in [0.1, 0.15) is 11.8 Å². The number of carbonyl (C=O) groups is 3. The lowest BCUT2D eigenvalue weighted by atomic mass is 10.1. The number of H-pyrrole nitrogens is 1. The summed E-state index contributed by atoms with van der Waals surface area (Å²) in [5, 5.41) is 26.1. The van der Waals surface area contributed by atoms with Crippen LogP contribution in [0.3, 0.4) is 0 Å². The van der Waals surface area contributed by atoms with Crippen LogP contribution < -0.4 is 43.8 Å². The number of phenols is 1. The van der Waals surface area contributed by atoms with Crippen molar-refractivity contribution in [1.29, 1.82) is 0 Å². The largest absolute Gasteiger partial charge is 0.507 e. The number of nitrogens with two attached hydrogens (primary N) is 3. The summed E-state index contributed by atoms with van der Waals surface area (Å²) in [4.78, 5) is 44.9. The van der Waals surface area contributed by atoms with Crippen molar-refractivity contribution >= 4 is 34.6 Å². The first-order valence-corrected chi connectivity index (χ1v) is 16.0. The Labute approximate surface area is 266 Å². The van der Waals surface area contributed by atoms with Crippen LogP contribution in [0.1, 0.15) is 63.4 Å². The first kappa shape index (κ1) is 37.3. The number of aromatic amines is 1. The molecule has 1 aromatic heterocycles. The van der Waals surface area contributed by atoms with E-state index in [4.69, 9.17) is 17.2 Å². The van der Waals surface area contributed by atoms with Gasteiger partial charge in [-0.25, -0.2) is 0 Å². The number of hydrogen-bond donors (Lipinski definition) is 10. The van der Waals surface area contributed by atoms with Crippen molar-refractivity contribution in [1.82, 2.24) is 31.6 Å². The molecule has 14 heteroatoms. The summed E-state index contributed by atoms with van der Waals surface area (Å²) in [6, 6.07) is 3.99. The lowest BCUT2D eigenvalue weighted by molar-refractivity contribution is -0.128. The lowest BCUT2D eigenvalue weighted by Crippen LogP contribution is -2.47. The van der Waals surface area contributed by atoms with E-state index in [9.17, 15) is 19.5 Å². The molecule has 45 heavy (non-hydrogen) atoms. The molecule has 2 aromatic rings. The number of aromatic nitrogens is 1. The van der Waals surface area contributed by atoms with Crippen molar-refractivity contribution < 1.29 is 19.5 Å². The van der Waals surface area contributed by atoms with E-state index in [1.165, 1.54) is 0 Å². The number of phenolic OH excluding ortho intramolecular Hbond substituents is 1. The van der Waals surface area contributed by atoms with Gasteiger partial charge in [0.05, 0.1) is 12.5 Å². The first-order chi connectivity index (χ1) is 21.7. The fourth-order valence-corrected chi connectivity index (χ4v) is 4.93. The predicted octanol–water partition coefficient (Wildman–Crippen LogP) is 0.0538. The molecule has 0 saturated carbocycles. The van der Waals surface area contributed by atoms with Crippen LogP contribution in [-0.2, 0) is 20.8 Å². The van der Waals surface area contributed by atoms with Gasteiger partial charge in [0.15, 0.2) is 5.96 Å². The molecule has 0 fully saturated rings. The molecule has 0 aliphatic rings. The molecule has 0 aliphatic heterocycles. The minimum atomic E-state index is -0.616. The molecule has 0 aliphatic carbocycles. The fourth-order valence-electron chi connectivity index (χ4n) is 4.93. The maximum absolute atomic E-state index is 13.0. The molecular weight excluding hydrogens is 576 g/mol. The molecular formula is C31H54N10O4. The minimum absolute atomic E-state index is 0.0344. The molecule has 0 bridgehead atoms. The molecule has 0 radical (unpaired) electrons. The number of aliphatic imine (C=N–C) groups is 1. The summed E-state index contributed by atoms with van der Waals surface area (Å²) >= 11 is 0. The number of unbranched alkanes of at least 4 members (excludes halogenated alkanes) is 3. The molecule has 0 spiro atoms. The van der Waals surface area contributed by atoms with Gasteiger partial charge in [0.2, 0.25) is 17.7 Å². The highest BCUT2D eigenvalue weighted by Gasteiger charge is 2.21. The van der Waals surface area contributed by atoms with Crippen LogP contribution in [0.4, 0.5) is 0 Å². The molecule has 1 aromatic carbocycles. The Kier molecular flexibility index (Phi) is 18.0. The van der Waals surface area contributed by atoms with Crippen molar-refractivity contribution in [2.24, 2.45) is 22.2 Å². The third kappa shape index (κ3) is 15.1.